The molecule has 2 nitrogen and oxygen atoms in total. The van der Waals surface area contributed by atoms with E-state index in [-0.39, 0.29) is 44.3 Å². The zero-order chi connectivity index (χ0) is 15.5. The molecule has 1 N–H and O–H groups in total. The Balaban J connectivity index is 0.00000242. The minimum atomic E-state index is -1.10. The third-order valence-electron chi connectivity index (χ3n) is 5.27. The number of hydrogen-bond donors (Lipinski definition) is 1. The maximum atomic E-state index is 12.8. The normalized spacial score (nSPS) is 18.2. The van der Waals surface area contributed by atoms with Crippen molar-refractivity contribution in [3.05, 3.63) is 29.3 Å². The molecule has 0 aliphatic carbocycles. The van der Waals surface area contributed by atoms with Gasteiger partial charge in [0.1, 0.15) is 5.66 Å². The van der Waals surface area contributed by atoms with Gasteiger partial charge in [-0.05, 0) is 58.1 Å². The number of hydrogen-bond acceptors (Lipinski definition) is 1. The molecule has 0 aromatic heterocycles. The molecule has 22 heavy (non-hydrogen) atoms. The summed E-state index contributed by atoms with van der Waals surface area (Å²) < 4.78 is 0. The van der Waals surface area contributed by atoms with Crippen molar-refractivity contribution in [3.8, 4) is 0 Å². The van der Waals surface area contributed by atoms with Gasteiger partial charge in [-0.3, -0.25) is 4.79 Å². The smallest absolute Gasteiger partial charge is 0.264 e. The predicted molar refractivity (Wildman–Crippen MR) is 95.1 cm³/mol. The van der Waals surface area contributed by atoms with Gasteiger partial charge < -0.3 is 5.32 Å². The second-order valence-corrected chi connectivity index (χ2v) is 11.2. The molecule has 1 radical (unpaired) electrons. The second kappa shape index (κ2) is 8.90. The average molecular weight is 395 g/mol. The summed E-state index contributed by atoms with van der Waals surface area (Å²) in [5.74, 6) is 0.240. The molecule has 1 aromatic rings. The van der Waals surface area contributed by atoms with E-state index in [9.17, 15) is 4.79 Å². The Hall–Kier alpha value is 0.224. The van der Waals surface area contributed by atoms with Crippen LogP contribution in [0.15, 0.2) is 18.2 Å². The number of amides is 1. The molecule has 1 amide bonds. The van der Waals surface area contributed by atoms with Crippen molar-refractivity contribution in [1.82, 2.24) is 0 Å². The third kappa shape index (κ3) is 4.40. The van der Waals surface area contributed by atoms with Crippen LogP contribution in [-0.4, -0.2) is 30.1 Å². The topological polar surface area (TPSA) is 29.1 Å². The summed E-state index contributed by atoms with van der Waals surface area (Å²) >= 11 is 0. The number of rotatable bonds is 4. The Morgan fingerprint density at radius 3 is 2.23 bits per heavy atom. The van der Waals surface area contributed by atoms with Crippen LogP contribution < -0.4 is 5.32 Å². The molecule has 4 heteroatoms. The zero-order valence-electron chi connectivity index (χ0n) is 14.5. The molecule has 0 bridgehead atoms. The first-order valence-corrected chi connectivity index (χ1v) is 10.6. The summed E-state index contributed by atoms with van der Waals surface area (Å²) in [6.07, 6.45) is 7.84. The molecular formula is C18H29NOPY+. The number of anilines is 1. The summed E-state index contributed by atoms with van der Waals surface area (Å²) in [6.45, 7) is 8.60. The van der Waals surface area contributed by atoms with E-state index < -0.39 is 7.26 Å². The number of para-hydroxylation sites is 1. The molecule has 1 aromatic carbocycles. The molecule has 1 aliphatic rings. The van der Waals surface area contributed by atoms with Crippen LogP contribution in [0.25, 0.3) is 0 Å². The van der Waals surface area contributed by atoms with E-state index in [1.165, 1.54) is 37.7 Å². The van der Waals surface area contributed by atoms with Crippen molar-refractivity contribution in [1.29, 1.82) is 0 Å². The van der Waals surface area contributed by atoms with Gasteiger partial charge in [0.2, 0.25) is 0 Å². The quantitative estimate of drug-likeness (QED) is 0.726. The van der Waals surface area contributed by atoms with Gasteiger partial charge in [-0.2, -0.15) is 0 Å². The minimum absolute atomic E-state index is 0. The number of benzene rings is 1. The Bertz CT molecular complexity index is 492. The first kappa shape index (κ1) is 20.3. The molecule has 0 saturated carbocycles. The number of carbonyl (C=O) groups excluding carboxylic acids is 1. The van der Waals surface area contributed by atoms with Crippen molar-refractivity contribution in [2.75, 3.05) is 23.8 Å². The molecule has 119 valence electrons. The van der Waals surface area contributed by atoms with E-state index in [0.29, 0.717) is 0 Å². The van der Waals surface area contributed by atoms with E-state index in [4.69, 9.17) is 0 Å². The summed E-state index contributed by atoms with van der Waals surface area (Å²) in [5.41, 5.74) is 3.52. The van der Waals surface area contributed by atoms with Crippen LogP contribution in [0.1, 0.15) is 44.2 Å². The first-order chi connectivity index (χ1) is 10.00. The molecule has 1 unspecified atom stereocenters. The maximum Gasteiger partial charge on any atom is 0.264 e. The van der Waals surface area contributed by atoms with Crippen LogP contribution in [0.4, 0.5) is 5.69 Å². The van der Waals surface area contributed by atoms with Crippen molar-refractivity contribution >= 4 is 18.9 Å². The zero-order valence-corrected chi connectivity index (χ0v) is 18.2. The molecule has 1 atom stereocenters. The number of carbonyl (C=O) groups is 1. The van der Waals surface area contributed by atoms with Gasteiger partial charge >= 0.3 is 0 Å². The second-order valence-electron chi connectivity index (χ2n) is 6.47. The third-order valence-corrected chi connectivity index (χ3v) is 10.8. The van der Waals surface area contributed by atoms with Gasteiger partial charge in [-0.1, -0.05) is 18.2 Å². The van der Waals surface area contributed by atoms with Crippen molar-refractivity contribution in [2.24, 2.45) is 0 Å². The Kier molecular flexibility index (Phi) is 8.20. The summed E-state index contributed by atoms with van der Waals surface area (Å²) in [7, 11) is -1.10. The van der Waals surface area contributed by atoms with Crippen LogP contribution in [0.3, 0.4) is 0 Å². The van der Waals surface area contributed by atoms with Gasteiger partial charge in [0.05, 0.1) is 18.5 Å². The number of aryl methyl sites for hydroxylation is 2. The van der Waals surface area contributed by atoms with Gasteiger partial charge in [0.15, 0.2) is 0 Å². The van der Waals surface area contributed by atoms with E-state index in [1.807, 2.05) is 6.07 Å². The Morgan fingerprint density at radius 2 is 1.73 bits per heavy atom. The van der Waals surface area contributed by atoms with E-state index >= 15 is 0 Å². The van der Waals surface area contributed by atoms with E-state index in [0.717, 1.165) is 16.8 Å². The van der Waals surface area contributed by atoms with Crippen LogP contribution in [0.2, 0.25) is 0 Å². The van der Waals surface area contributed by atoms with Gasteiger partial charge in [-0.15, -0.1) is 0 Å². The SMILES string of the molecule is CC[P+]1(C(C)C(=O)Nc2c(C)cccc2C)CCCCC1.[Y]. The number of nitrogens with one attached hydrogen (secondary N) is 1. The van der Waals surface area contributed by atoms with Gasteiger partial charge in [-0.25, -0.2) is 0 Å². The van der Waals surface area contributed by atoms with Crippen molar-refractivity contribution in [3.63, 3.8) is 0 Å². The molecule has 2 rings (SSSR count). The molecule has 1 fully saturated rings. The van der Waals surface area contributed by atoms with Crippen LogP contribution in [0.5, 0.6) is 0 Å². The van der Waals surface area contributed by atoms with Crippen molar-refractivity contribution in [2.45, 2.75) is 52.6 Å². The fourth-order valence-electron chi connectivity index (χ4n) is 3.61. The fourth-order valence-corrected chi connectivity index (χ4v) is 8.05. The van der Waals surface area contributed by atoms with Gasteiger partial charge in [0.25, 0.3) is 5.91 Å². The molecule has 1 aliphatic heterocycles. The Morgan fingerprint density at radius 1 is 1.18 bits per heavy atom. The molecule has 1 heterocycles. The van der Waals surface area contributed by atoms with Crippen LogP contribution >= 0.6 is 7.26 Å². The van der Waals surface area contributed by atoms with Gasteiger partial charge in [0, 0.05) is 45.7 Å². The van der Waals surface area contributed by atoms with Crippen molar-refractivity contribution < 1.29 is 37.5 Å². The molecular weight excluding hydrogens is 366 g/mol. The first-order valence-electron chi connectivity index (χ1n) is 8.23. The standard InChI is InChI=1S/C18H28NOP.Y/c1-5-21(12-7-6-8-13-21)16(4)18(20)19-17-14(2)10-9-11-15(17)3;/h9-11,16H,5-8,12-13H2,1-4H3;/p+1. The monoisotopic (exact) mass is 395 g/mol. The summed E-state index contributed by atoms with van der Waals surface area (Å²) in [6, 6.07) is 6.18. The summed E-state index contributed by atoms with van der Waals surface area (Å²) in [4.78, 5) is 12.8. The minimum Gasteiger partial charge on any atom is -0.322 e. The van der Waals surface area contributed by atoms with Crippen LogP contribution in [-0.2, 0) is 37.5 Å². The fraction of sp³-hybridized carbons (Fsp3) is 0.611. The summed E-state index contributed by atoms with van der Waals surface area (Å²) in [5, 5.41) is 3.22. The maximum absolute atomic E-state index is 12.8. The largest absolute Gasteiger partial charge is 0.322 e. The average Bonchev–Trinajstić information content (AvgIpc) is 2.50. The van der Waals surface area contributed by atoms with E-state index in [1.54, 1.807) is 0 Å². The molecule has 1 saturated heterocycles. The van der Waals surface area contributed by atoms with Crippen LogP contribution in [0, 0.1) is 13.8 Å². The Labute approximate surface area is 161 Å². The predicted octanol–water partition coefficient (Wildman–Crippen LogP) is 4.85. The molecule has 0 spiro atoms. The van der Waals surface area contributed by atoms with E-state index in [2.05, 4.69) is 45.1 Å².